The van der Waals surface area contributed by atoms with Gasteiger partial charge >= 0.3 is 6.03 Å². The van der Waals surface area contributed by atoms with Crippen molar-refractivity contribution in [3.63, 3.8) is 0 Å². The van der Waals surface area contributed by atoms with Crippen LogP contribution in [-0.2, 0) is 0 Å². The number of ether oxygens (including phenoxy) is 1. The summed E-state index contributed by atoms with van der Waals surface area (Å²) in [6.45, 7) is 0. The third kappa shape index (κ3) is 5.01. The Morgan fingerprint density at radius 1 is 0.897 bits per heavy atom. The number of anilines is 4. The van der Waals surface area contributed by atoms with Crippen molar-refractivity contribution >= 4 is 34.8 Å². The fourth-order valence-corrected chi connectivity index (χ4v) is 2.59. The predicted molar refractivity (Wildman–Crippen MR) is 113 cm³/mol. The van der Waals surface area contributed by atoms with Gasteiger partial charge in [0.2, 0.25) is 0 Å². The first kappa shape index (κ1) is 19.7. The highest BCUT2D eigenvalue weighted by atomic mass is 16.5. The summed E-state index contributed by atoms with van der Waals surface area (Å²) in [7, 11) is 3.11. The molecule has 0 saturated carbocycles. The third-order valence-electron chi connectivity index (χ3n) is 4.04. The minimum atomic E-state index is -0.317. The fourth-order valence-electron chi connectivity index (χ4n) is 2.59. The van der Waals surface area contributed by atoms with Gasteiger partial charge < -0.3 is 26.0 Å². The Morgan fingerprint density at radius 2 is 1.59 bits per heavy atom. The zero-order valence-electron chi connectivity index (χ0n) is 16.0. The summed E-state index contributed by atoms with van der Waals surface area (Å²) in [6.07, 6.45) is 1.60. The van der Waals surface area contributed by atoms with Crippen molar-refractivity contribution in [1.82, 2.24) is 10.3 Å². The summed E-state index contributed by atoms with van der Waals surface area (Å²) in [5, 5.41) is 11.1. The van der Waals surface area contributed by atoms with Gasteiger partial charge in [-0.15, -0.1) is 0 Å². The van der Waals surface area contributed by atoms with Gasteiger partial charge in [-0.05, 0) is 48.5 Å². The number of hydrogen-bond acceptors (Lipinski definition) is 5. The molecule has 0 fully saturated rings. The van der Waals surface area contributed by atoms with Crippen LogP contribution in [-0.4, -0.2) is 31.1 Å². The highest BCUT2D eigenvalue weighted by Crippen LogP contribution is 2.28. The van der Waals surface area contributed by atoms with Crippen molar-refractivity contribution in [3.8, 4) is 5.75 Å². The number of carbonyl (C=O) groups is 2. The molecule has 1 heterocycles. The lowest BCUT2D eigenvalue weighted by atomic mass is 10.2. The molecule has 0 atom stereocenters. The Balaban J connectivity index is 1.75. The maximum atomic E-state index is 12.8. The predicted octanol–water partition coefficient (Wildman–Crippen LogP) is 3.84. The average molecular weight is 391 g/mol. The number of rotatable bonds is 6. The molecule has 0 aliphatic carbocycles. The minimum absolute atomic E-state index is 0.316. The second-order valence-electron chi connectivity index (χ2n) is 5.96. The zero-order valence-corrected chi connectivity index (χ0v) is 16.0. The molecule has 0 unspecified atom stereocenters. The largest absolute Gasteiger partial charge is 0.495 e. The van der Waals surface area contributed by atoms with Gasteiger partial charge in [0.25, 0.3) is 5.91 Å². The van der Waals surface area contributed by atoms with Crippen LogP contribution in [0.25, 0.3) is 0 Å². The van der Waals surface area contributed by atoms with E-state index in [1.165, 1.54) is 7.05 Å². The molecule has 0 radical (unpaired) electrons. The molecule has 3 aromatic rings. The summed E-state index contributed by atoms with van der Waals surface area (Å²) >= 11 is 0. The van der Waals surface area contributed by atoms with Gasteiger partial charge in [-0.3, -0.25) is 4.79 Å². The lowest BCUT2D eigenvalue weighted by Crippen LogP contribution is -2.24. The molecule has 4 N–H and O–H groups in total. The molecule has 0 aliphatic rings. The highest BCUT2D eigenvalue weighted by molar-refractivity contribution is 6.08. The lowest BCUT2D eigenvalue weighted by molar-refractivity contribution is 0.102. The molecule has 2 aromatic carbocycles. The molecule has 0 aliphatic heterocycles. The van der Waals surface area contributed by atoms with E-state index in [-0.39, 0.29) is 11.9 Å². The van der Waals surface area contributed by atoms with Crippen molar-refractivity contribution < 1.29 is 14.3 Å². The van der Waals surface area contributed by atoms with E-state index in [0.717, 1.165) is 0 Å². The topological polar surface area (TPSA) is 104 Å². The number of methoxy groups -OCH3 is 1. The maximum absolute atomic E-state index is 12.8. The van der Waals surface area contributed by atoms with E-state index in [1.54, 1.807) is 49.7 Å². The number of para-hydroxylation sites is 2. The van der Waals surface area contributed by atoms with Gasteiger partial charge in [0.1, 0.15) is 11.6 Å². The molecule has 0 saturated heterocycles. The number of nitrogens with one attached hydrogen (secondary N) is 4. The third-order valence-corrected chi connectivity index (χ3v) is 4.04. The Morgan fingerprint density at radius 3 is 2.28 bits per heavy atom. The summed E-state index contributed by atoms with van der Waals surface area (Å²) in [5.41, 5.74) is 2.28. The maximum Gasteiger partial charge on any atom is 0.318 e. The van der Waals surface area contributed by atoms with E-state index in [0.29, 0.717) is 34.2 Å². The number of amides is 3. The first-order chi connectivity index (χ1) is 14.1. The van der Waals surface area contributed by atoms with Crippen molar-refractivity contribution in [2.24, 2.45) is 0 Å². The van der Waals surface area contributed by atoms with Crippen molar-refractivity contribution in [1.29, 1.82) is 0 Å². The SMILES string of the molecule is CNC(=O)Nc1ccc(NC(=O)c2cccnc2Nc2ccccc2OC)cc1. The number of nitrogens with zero attached hydrogens (tertiary/aromatic N) is 1. The number of urea groups is 1. The number of benzene rings is 2. The Bertz CT molecular complexity index is 1010. The van der Waals surface area contributed by atoms with E-state index >= 15 is 0 Å². The molecule has 0 bridgehead atoms. The van der Waals surface area contributed by atoms with Crippen molar-refractivity contribution in [2.45, 2.75) is 0 Å². The monoisotopic (exact) mass is 391 g/mol. The van der Waals surface area contributed by atoms with Gasteiger partial charge in [0.15, 0.2) is 0 Å². The molecule has 3 amide bonds. The normalized spacial score (nSPS) is 10.0. The van der Waals surface area contributed by atoms with Gasteiger partial charge in [-0.2, -0.15) is 0 Å². The van der Waals surface area contributed by atoms with Gasteiger partial charge in [0.05, 0.1) is 18.4 Å². The summed E-state index contributed by atoms with van der Waals surface area (Å²) in [5.74, 6) is 0.735. The quantitative estimate of drug-likeness (QED) is 0.511. The van der Waals surface area contributed by atoms with Crippen LogP contribution in [0.3, 0.4) is 0 Å². The van der Waals surface area contributed by atoms with Gasteiger partial charge in [0, 0.05) is 24.6 Å². The number of pyridine rings is 1. The fraction of sp³-hybridized carbons (Fsp3) is 0.0952. The summed E-state index contributed by atoms with van der Waals surface area (Å²) < 4.78 is 5.34. The Kier molecular flexibility index (Phi) is 6.26. The van der Waals surface area contributed by atoms with Crippen LogP contribution < -0.4 is 26.0 Å². The van der Waals surface area contributed by atoms with E-state index < -0.39 is 0 Å². The molecule has 0 spiro atoms. The van der Waals surface area contributed by atoms with Crippen LogP contribution in [0.4, 0.5) is 27.7 Å². The zero-order chi connectivity index (χ0) is 20.6. The number of carbonyl (C=O) groups excluding carboxylic acids is 2. The van der Waals surface area contributed by atoms with E-state index in [2.05, 4.69) is 26.3 Å². The second kappa shape index (κ2) is 9.23. The van der Waals surface area contributed by atoms with Crippen LogP contribution in [0, 0.1) is 0 Å². The van der Waals surface area contributed by atoms with Crippen LogP contribution in [0.1, 0.15) is 10.4 Å². The standard InChI is InChI=1S/C21H21N5O3/c1-22-21(28)25-15-11-9-14(10-12-15)24-20(27)16-6-5-13-23-19(16)26-17-7-3-4-8-18(17)29-2/h3-13H,1-2H3,(H,23,26)(H,24,27)(H2,22,25,28). The van der Waals surface area contributed by atoms with Crippen LogP contribution in [0.2, 0.25) is 0 Å². The average Bonchev–Trinajstić information content (AvgIpc) is 2.75. The van der Waals surface area contributed by atoms with Gasteiger partial charge in [-0.25, -0.2) is 9.78 Å². The van der Waals surface area contributed by atoms with Crippen LogP contribution >= 0.6 is 0 Å². The molecule has 3 rings (SSSR count). The molecule has 148 valence electrons. The van der Waals surface area contributed by atoms with Crippen molar-refractivity contribution in [2.75, 3.05) is 30.1 Å². The first-order valence-corrected chi connectivity index (χ1v) is 8.86. The van der Waals surface area contributed by atoms with Crippen LogP contribution in [0.15, 0.2) is 66.9 Å². The van der Waals surface area contributed by atoms with E-state index in [9.17, 15) is 9.59 Å². The minimum Gasteiger partial charge on any atom is -0.495 e. The Labute approximate surface area is 168 Å². The lowest BCUT2D eigenvalue weighted by Gasteiger charge is -2.13. The summed E-state index contributed by atoms with van der Waals surface area (Å²) in [6, 6.07) is 17.2. The molecule has 8 heteroatoms. The van der Waals surface area contributed by atoms with Crippen LogP contribution in [0.5, 0.6) is 5.75 Å². The molecule has 1 aromatic heterocycles. The molecule has 29 heavy (non-hydrogen) atoms. The first-order valence-electron chi connectivity index (χ1n) is 8.86. The highest BCUT2D eigenvalue weighted by Gasteiger charge is 2.14. The number of hydrogen-bond donors (Lipinski definition) is 4. The smallest absolute Gasteiger partial charge is 0.318 e. The summed E-state index contributed by atoms with van der Waals surface area (Å²) in [4.78, 5) is 28.4. The van der Waals surface area contributed by atoms with Crippen molar-refractivity contribution in [3.05, 3.63) is 72.4 Å². The molecular formula is C21H21N5O3. The molecule has 8 nitrogen and oxygen atoms in total. The Hall–Kier alpha value is -4.07. The second-order valence-corrected chi connectivity index (χ2v) is 5.96. The number of aromatic nitrogens is 1. The molecular weight excluding hydrogens is 370 g/mol. The van der Waals surface area contributed by atoms with Gasteiger partial charge in [-0.1, -0.05) is 12.1 Å². The van der Waals surface area contributed by atoms with E-state index in [4.69, 9.17) is 4.74 Å². The van der Waals surface area contributed by atoms with E-state index in [1.807, 2.05) is 24.3 Å².